The van der Waals surface area contributed by atoms with E-state index in [0.717, 1.165) is 44.2 Å². The first-order valence-corrected chi connectivity index (χ1v) is 13.3. The van der Waals surface area contributed by atoms with Crippen molar-refractivity contribution < 1.29 is 19.4 Å². The number of nitrogens with zero attached hydrogens (tertiary/aromatic N) is 2. The molecule has 35 heavy (non-hydrogen) atoms. The fourth-order valence-electron chi connectivity index (χ4n) is 8.37. The van der Waals surface area contributed by atoms with Crippen molar-refractivity contribution in [1.29, 1.82) is 0 Å². The highest BCUT2D eigenvalue weighted by Gasteiger charge is 2.60. The summed E-state index contributed by atoms with van der Waals surface area (Å²) < 4.78 is 14.1. The summed E-state index contributed by atoms with van der Waals surface area (Å²) in [6.07, 6.45) is 11.9. The molecule has 0 radical (unpaired) electrons. The summed E-state index contributed by atoms with van der Waals surface area (Å²) in [6, 6.07) is 8.73. The molecule has 2 aromatic rings. The number of hydrogen-bond acceptors (Lipinski definition) is 5. The van der Waals surface area contributed by atoms with Gasteiger partial charge in [-0.2, -0.15) is 0 Å². The molecular weight excluding hydrogens is 440 g/mol. The minimum absolute atomic E-state index is 0.154. The molecule has 6 nitrogen and oxygen atoms in total. The number of fused-ring (bicyclic) bond motifs is 4. The fourth-order valence-corrected chi connectivity index (χ4v) is 8.37. The zero-order valence-electron chi connectivity index (χ0n) is 20.4. The van der Waals surface area contributed by atoms with Crippen molar-refractivity contribution >= 4 is 5.78 Å². The predicted molar refractivity (Wildman–Crippen MR) is 130 cm³/mol. The molecule has 1 N–H and O–H groups in total. The van der Waals surface area contributed by atoms with Gasteiger partial charge in [0, 0.05) is 48.7 Å². The van der Waals surface area contributed by atoms with Crippen molar-refractivity contribution in [2.24, 2.45) is 17.3 Å². The van der Waals surface area contributed by atoms with Crippen molar-refractivity contribution in [1.82, 2.24) is 9.55 Å². The molecule has 3 unspecified atom stereocenters. The number of aliphatic hydroxyl groups is 1. The Labute approximate surface area is 206 Å². The fraction of sp³-hybridized carbons (Fsp3) is 0.586. The lowest BCUT2D eigenvalue weighted by atomic mass is 9.51. The van der Waals surface area contributed by atoms with E-state index in [0.29, 0.717) is 43.7 Å². The molecule has 5 atom stereocenters. The van der Waals surface area contributed by atoms with E-state index in [1.807, 2.05) is 17.1 Å². The van der Waals surface area contributed by atoms with Gasteiger partial charge in [-0.25, -0.2) is 4.98 Å². The molecule has 4 fully saturated rings. The van der Waals surface area contributed by atoms with Gasteiger partial charge in [-0.3, -0.25) is 4.79 Å². The van der Waals surface area contributed by atoms with Crippen LogP contribution < -0.4 is 0 Å². The normalized spacial score (nSPS) is 37.9. The highest BCUT2D eigenvalue weighted by Crippen LogP contribution is 2.64. The van der Waals surface area contributed by atoms with E-state index >= 15 is 0 Å². The molecule has 7 rings (SSSR count). The lowest BCUT2D eigenvalue weighted by molar-refractivity contribution is -0.208. The molecule has 0 bridgehead atoms. The van der Waals surface area contributed by atoms with Crippen LogP contribution in [0.5, 0.6) is 0 Å². The monoisotopic (exact) mass is 474 g/mol. The number of ether oxygens (including phenoxy) is 2. The number of benzene rings is 1. The predicted octanol–water partition coefficient (Wildman–Crippen LogP) is 4.71. The zero-order valence-corrected chi connectivity index (χ0v) is 20.4. The Morgan fingerprint density at radius 2 is 1.89 bits per heavy atom. The molecular formula is C29H34N2O4. The standard InChI is InChI=1S/C29H34N2O4/c1-27-16-22(19-2-4-20(5-3-19)31-13-12-30-18-31)26-21(23(27)6-7-25(27)32)8-10-28(33)17-29(11-9-24(26)28)34-14-15-35-29/h2-5,12-13,18,21-23,33H,6-11,14-17H2,1H3/t21?,22?,23?,27-,28+/m0/s1. The first-order chi connectivity index (χ1) is 16.9. The maximum atomic E-state index is 13.2. The number of rotatable bonds is 2. The topological polar surface area (TPSA) is 73.6 Å². The van der Waals surface area contributed by atoms with Gasteiger partial charge in [-0.1, -0.05) is 24.6 Å². The van der Waals surface area contributed by atoms with Crippen molar-refractivity contribution in [2.75, 3.05) is 13.2 Å². The Morgan fingerprint density at radius 1 is 1.09 bits per heavy atom. The van der Waals surface area contributed by atoms with Gasteiger partial charge in [0.05, 0.1) is 25.1 Å². The average molecular weight is 475 g/mol. The third-order valence-electron chi connectivity index (χ3n) is 10.0. The summed E-state index contributed by atoms with van der Waals surface area (Å²) in [5.41, 5.74) is 3.83. The molecule has 2 heterocycles. The third-order valence-corrected chi connectivity index (χ3v) is 10.0. The van der Waals surface area contributed by atoms with Crippen LogP contribution in [0.25, 0.3) is 5.69 Å². The second kappa shape index (κ2) is 7.61. The van der Waals surface area contributed by atoms with Crippen molar-refractivity contribution in [3.05, 3.63) is 59.7 Å². The van der Waals surface area contributed by atoms with Gasteiger partial charge in [-0.15, -0.1) is 0 Å². The van der Waals surface area contributed by atoms with Crippen molar-refractivity contribution in [2.45, 2.75) is 75.6 Å². The first kappa shape index (κ1) is 22.0. The SMILES string of the molecule is C[C@]12CC(c3ccc(-n4ccnc4)cc3)C3=C4CCC5(C[C@]4(O)CCC3C1CCC2=O)OCCO5. The van der Waals surface area contributed by atoms with Crippen molar-refractivity contribution in [3.63, 3.8) is 0 Å². The van der Waals surface area contributed by atoms with E-state index in [1.54, 1.807) is 6.20 Å². The van der Waals surface area contributed by atoms with E-state index < -0.39 is 11.4 Å². The summed E-state index contributed by atoms with van der Waals surface area (Å²) >= 11 is 0. The Hall–Kier alpha value is -2.28. The minimum atomic E-state index is -0.875. The summed E-state index contributed by atoms with van der Waals surface area (Å²) in [6.45, 7) is 3.44. The van der Waals surface area contributed by atoms with Crippen LogP contribution in [0.3, 0.4) is 0 Å². The first-order valence-electron chi connectivity index (χ1n) is 13.3. The number of allylic oxidation sites excluding steroid dienone is 1. The molecule has 1 aromatic carbocycles. The average Bonchev–Trinajstić information content (AvgIpc) is 3.60. The van der Waals surface area contributed by atoms with Crippen LogP contribution in [-0.4, -0.2) is 45.0 Å². The van der Waals surface area contributed by atoms with Crippen LogP contribution in [0.2, 0.25) is 0 Å². The van der Waals surface area contributed by atoms with Crippen LogP contribution in [-0.2, 0) is 14.3 Å². The molecule has 0 amide bonds. The van der Waals surface area contributed by atoms with Crippen LogP contribution in [0.15, 0.2) is 54.1 Å². The van der Waals surface area contributed by atoms with Gasteiger partial charge < -0.3 is 19.1 Å². The van der Waals surface area contributed by atoms with E-state index in [-0.39, 0.29) is 11.3 Å². The Bertz CT molecular complexity index is 1180. The summed E-state index contributed by atoms with van der Waals surface area (Å²) in [7, 11) is 0. The second-order valence-corrected chi connectivity index (χ2v) is 11.7. The Morgan fingerprint density at radius 3 is 2.63 bits per heavy atom. The second-order valence-electron chi connectivity index (χ2n) is 11.7. The van der Waals surface area contributed by atoms with Gasteiger partial charge in [0.15, 0.2) is 5.79 Å². The van der Waals surface area contributed by atoms with Crippen LogP contribution in [0.4, 0.5) is 0 Å². The highest BCUT2D eigenvalue weighted by atomic mass is 16.7. The largest absolute Gasteiger partial charge is 0.385 e. The van der Waals surface area contributed by atoms with E-state index in [1.165, 1.54) is 16.7 Å². The summed E-state index contributed by atoms with van der Waals surface area (Å²) in [5, 5.41) is 12.1. The van der Waals surface area contributed by atoms with Gasteiger partial charge in [0.25, 0.3) is 0 Å². The number of carbonyl (C=O) groups excluding carboxylic acids is 1. The lowest BCUT2D eigenvalue weighted by Gasteiger charge is -2.55. The number of hydrogen-bond donors (Lipinski definition) is 1. The number of ketones is 1. The maximum absolute atomic E-state index is 13.2. The van der Waals surface area contributed by atoms with Crippen molar-refractivity contribution in [3.8, 4) is 5.69 Å². The smallest absolute Gasteiger partial charge is 0.171 e. The van der Waals surface area contributed by atoms with E-state index in [9.17, 15) is 9.90 Å². The Balaban J connectivity index is 1.33. The molecule has 184 valence electrons. The van der Waals surface area contributed by atoms with Gasteiger partial charge in [0.2, 0.25) is 0 Å². The van der Waals surface area contributed by atoms with Gasteiger partial charge >= 0.3 is 0 Å². The minimum Gasteiger partial charge on any atom is -0.385 e. The molecule has 1 aliphatic heterocycles. The maximum Gasteiger partial charge on any atom is 0.171 e. The zero-order chi connectivity index (χ0) is 23.8. The summed E-state index contributed by atoms with van der Waals surface area (Å²) in [4.78, 5) is 17.4. The van der Waals surface area contributed by atoms with Crippen LogP contribution in [0.1, 0.15) is 69.8 Å². The number of aromatic nitrogens is 2. The molecule has 6 heteroatoms. The molecule has 5 aliphatic rings. The van der Waals surface area contributed by atoms with Gasteiger partial charge in [0.1, 0.15) is 5.78 Å². The molecule has 1 spiro atoms. The number of imidazole rings is 1. The lowest BCUT2D eigenvalue weighted by Crippen LogP contribution is -2.53. The molecule has 1 aromatic heterocycles. The molecule has 4 aliphatic carbocycles. The summed E-state index contributed by atoms with van der Waals surface area (Å²) in [5.74, 6) is 0.718. The van der Waals surface area contributed by atoms with Crippen LogP contribution >= 0.6 is 0 Å². The van der Waals surface area contributed by atoms with E-state index in [4.69, 9.17) is 9.47 Å². The number of Topliss-reactive ketones (excluding diaryl/α,β-unsaturated/α-hetero) is 1. The Kier molecular flexibility index (Phi) is 4.77. The highest BCUT2D eigenvalue weighted by molar-refractivity contribution is 5.87. The number of carbonyl (C=O) groups is 1. The van der Waals surface area contributed by atoms with Crippen LogP contribution in [0, 0.1) is 17.3 Å². The molecule has 3 saturated carbocycles. The third kappa shape index (κ3) is 3.19. The van der Waals surface area contributed by atoms with E-state index in [2.05, 4.69) is 36.2 Å². The quantitative estimate of drug-likeness (QED) is 0.638. The molecule has 1 saturated heterocycles. The van der Waals surface area contributed by atoms with Gasteiger partial charge in [-0.05, 0) is 67.2 Å².